The predicted molar refractivity (Wildman–Crippen MR) is 49.3 cm³/mol. The maximum atomic E-state index is 9.55. The molecule has 2 atom stereocenters. The summed E-state index contributed by atoms with van der Waals surface area (Å²) in [6, 6.07) is 0. The summed E-state index contributed by atoms with van der Waals surface area (Å²) in [6.07, 6.45) is 0.538. The van der Waals surface area contributed by atoms with Gasteiger partial charge in [-0.3, -0.25) is 0 Å². The molecule has 1 aromatic rings. The van der Waals surface area contributed by atoms with Crippen LogP contribution < -0.4 is 0 Å². The monoisotopic (exact) mass is 200 g/mol. The molecule has 2 heterocycles. The van der Waals surface area contributed by atoms with Crippen LogP contribution in [-0.4, -0.2) is 42.9 Å². The van der Waals surface area contributed by atoms with Crippen molar-refractivity contribution < 1.29 is 5.11 Å². The van der Waals surface area contributed by atoms with Gasteiger partial charge >= 0.3 is 0 Å². The van der Waals surface area contributed by atoms with Crippen LogP contribution in [0.5, 0.6) is 0 Å². The first-order chi connectivity index (χ1) is 6.25. The van der Waals surface area contributed by atoms with E-state index in [2.05, 4.69) is 15.4 Å². The second kappa shape index (κ2) is 3.63. The van der Waals surface area contributed by atoms with Crippen molar-refractivity contribution >= 4 is 11.8 Å². The summed E-state index contributed by atoms with van der Waals surface area (Å²) >= 11 is 1.78. The zero-order chi connectivity index (χ0) is 9.26. The number of hydrogen-bond acceptors (Lipinski definition) is 5. The van der Waals surface area contributed by atoms with E-state index >= 15 is 0 Å². The van der Waals surface area contributed by atoms with Crippen LogP contribution in [0.1, 0.15) is 5.82 Å². The average molecular weight is 200 g/mol. The molecule has 0 bridgehead atoms. The number of aryl methyl sites for hydroxylation is 1. The van der Waals surface area contributed by atoms with Crippen LogP contribution in [0.3, 0.4) is 0 Å². The predicted octanol–water partition coefficient (Wildman–Crippen LogP) is -0.524. The number of nitrogens with zero attached hydrogens (tertiary/aromatic N) is 4. The molecular formula is C7H12N4OS. The van der Waals surface area contributed by atoms with Gasteiger partial charge in [0.15, 0.2) is 5.82 Å². The van der Waals surface area contributed by atoms with Crippen molar-refractivity contribution in [1.82, 2.24) is 20.2 Å². The molecule has 0 aliphatic carbocycles. The van der Waals surface area contributed by atoms with Gasteiger partial charge in [0.05, 0.1) is 13.2 Å². The number of aromatic nitrogens is 4. The summed E-state index contributed by atoms with van der Waals surface area (Å²) in [7, 11) is 1.75. The molecule has 5 nitrogen and oxygen atoms in total. The normalized spacial score (nSPS) is 28.2. The second-order valence-electron chi connectivity index (χ2n) is 3.26. The number of thioether (sulfide) groups is 1. The minimum atomic E-state index is -0.200. The maximum Gasteiger partial charge on any atom is 0.175 e. The van der Waals surface area contributed by atoms with Crippen molar-refractivity contribution in [2.75, 3.05) is 11.5 Å². The number of aliphatic hydroxyl groups excluding tert-OH is 1. The van der Waals surface area contributed by atoms with E-state index in [4.69, 9.17) is 0 Å². The third-order valence-corrected chi connectivity index (χ3v) is 3.40. The Labute approximate surface area is 80.5 Å². The van der Waals surface area contributed by atoms with E-state index in [-0.39, 0.29) is 6.10 Å². The number of tetrazole rings is 1. The maximum absolute atomic E-state index is 9.55. The van der Waals surface area contributed by atoms with E-state index in [9.17, 15) is 5.11 Å². The number of hydrogen-bond donors (Lipinski definition) is 1. The largest absolute Gasteiger partial charge is 0.392 e. The molecule has 6 heteroatoms. The Kier molecular flexibility index (Phi) is 2.50. The first-order valence-corrected chi connectivity index (χ1v) is 5.40. The molecule has 2 unspecified atom stereocenters. The van der Waals surface area contributed by atoms with Gasteiger partial charge in [-0.1, -0.05) is 0 Å². The van der Waals surface area contributed by atoms with Crippen molar-refractivity contribution in [2.24, 2.45) is 13.0 Å². The summed E-state index contributed by atoms with van der Waals surface area (Å²) in [5.41, 5.74) is 0. The Balaban J connectivity index is 1.97. The fraction of sp³-hybridized carbons (Fsp3) is 0.857. The van der Waals surface area contributed by atoms with Gasteiger partial charge in [-0.15, -0.1) is 10.2 Å². The summed E-state index contributed by atoms with van der Waals surface area (Å²) in [4.78, 5) is 1.45. The molecule has 2 rings (SSSR count). The fourth-order valence-corrected chi connectivity index (χ4v) is 2.71. The summed E-state index contributed by atoms with van der Waals surface area (Å²) in [5, 5.41) is 21.3. The quantitative estimate of drug-likeness (QED) is 0.695. The van der Waals surface area contributed by atoms with E-state index in [1.807, 2.05) is 0 Å². The van der Waals surface area contributed by atoms with Crippen molar-refractivity contribution in [1.29, 1.82) is 0 Å². The summed E-state index contributed by atoms with van der Waals surface area (Å²) in [5.74, 6) is 2.87. The SMILES string of the molecule is Cn1nnc(CC2CSCC2O)n1. The molecule has 0 aromatic carbocycles. The lowest BCUT2D eigenvalue weighted by Gasteiger charge is -2.09. The van der Waals surface area contributed by atoms with Crippen LogP contribution in [0.4, 0.5) is 0 Å². The van der Waals surface area contributed by atoms with E-state index in [1.165, 1.54) is 4.80 Å². The Bertz CT molecular complexity index is 290. The van der Waals surface area contributed by atoms with Crippen molar-refractivity contribution in [3.05, 3.63) is 5.82 Å². The van der Waals surface area contributed by atoms with Gasteiger partial charge in [-0.25, -0.2) is 0 Å². The molecule has 1 aliphatic heterocycles. The zero-order valence-electron chi connectivity index (χ0n) is 7.42. The third kappa shape index (κ3) is 2.00. The Morgan fingerprint density at radius 2 is 2.46 bits per heavy atom. The molecule has 1 saturated heterocycles. The Morgan fingerprint density at radius 1 is 1.62 bits per heavy atom. The molecule has 1 aromatic heterocycles. The highest BCUT2D eigenvalue weighted by Crippen LogP contribution is 2.26. The molecule has 0 amide bonds. The van der Waals surface area contributed by atoms with Crippen LogP contribution in [0.15, 0.2) is 0 Å². The van der Waals surface area contributed by atoms with Gasteiger partial charge < -0.3 is 5.11 Å². The second-order valence-corrected chi connectivity index (χ2v) is 4.34. The molecule has 1 fully saturated rings. The Morgan fingerprint density at radius 3 is 3.00 bits per heavy atom. The zero-order valence-corrected chi connectivity index (χ0v) is 8.24. The molecule has 0 saturated carbocycles. The standard InChI is InChI=1S/C7H12N4OS/c1-11-9-7(8-10-11)2-5-3-13-4-6(5)12/h5-6,12H,2-4H2,1H3. The van der Waals surface area contributed by atoms with Gasteiger partial charge in [0.1, 0.15) is 0 Å². The highest BCUT2D eigenvalue weighted by Gasteiger charge is 2.27. The minimum absolute atomic E-state index is 0.200. The van der Waals surface area contributed by atoms with Crippen LogP contribution in [-0.2, 0) is 13.5 Å². The molecule has 72 valence electrons. The molecule has 0 spiro atoms. The van der Waals surface area contributed by atoms with E-state index in [0.717, 1.165) is 23.8 Å². The highest BCUT2D eigenvalue weighted by atomic mass is 32.2. The average Bonchev–Trinajstić information content (AvgIpc) is 2.64. The van der Waals surface area contributed by atoms with Crippen LogP contribution in [0.25, 0.3) is 0 Å². The molecule has 1 aliphatic rings. The van der Waals surface area contributed by atoms with Gasteiger partial charge in [0.25, 0.3) is 0 Å². The third-order valence-electron chi connectivity index (χ3n) is 2.16. The molecule has 13 heavy (non-hydrogen) atoms. The lowest BCUT2D eigenvalue weighted by atomic mass is 10.0. The lowest BCUT2D eigenvalue weighted by Crippen LogP contribution is -2.20. The fourth-order valence-electron chi connectivity index (χ4n) is 1.42. The highest BCUT2D eigenvalue weighted by molar-refractivity contribution is 7.99. The number of rotatable bonds is 2. The Hall–Kier alpha value is -0.620. The summed E-state index contributed by atoms with van der Waals surface area (Å²) in [6.45, 7) is 0. The topological polar surface area (TPSA) is 63.8 Å². The van der Waals surface area contributed by atoms with Crippen molar-refractivity contribution in [2.45, 2.75) is 12.5 Å². The smallest absolute Gasteiger partial charge is 0.175 e. The van der Waals surface area contributed by atoms with E-state index in [0.29, 0.717) is 5.92 Å². The molecular weight excluding hydrogens is 188 g/mol. The van der Waals surface area contributed by atoms with Crippen LogP contribution >= 0.6 is 11.8 Å². The summed E-state index contributed by atoms with van der Waals surface area (Å²) < 4.78 is 0. The van der Waals surface area contributed by atoms with Crippen molar-refractivity contribution in [3.63, 3.8) is 0 Å². The number of aliphatic hydroxyl groups is 1. The van der Waals surface area contributed by atoms with Crippen LogP contribution in [0, 0.1) is 5.92 Å². The van der Waals surface area contributed by atoms with Gasteiger partial charge in [-0.05, 0) is 11.0 Å². The van der Waals surface area contributed by atoms with Crippen molar-refractivity contribution in [3.8, 4) is 0 Å². The van der Waals surface area contributed by atoms with Crippen LogP contribution in [0.2, 0.25) is 0 Å². The first-order valence-electron chi connectivity index (χ1n) is 4.24. The van der Waals surface area contributed by atoms with Gasteiger partial charge in [-0.2, -0.15) is 16.6 Å². The van der Waals surface area contributed by atoms with Gasteiger partial charge in [0.2, 0.25) is 0 Å². The first kappa shape index (κ1) is 8.96. The lowest BCUT2D eigenvalue weighted by molar-refractivity contribution is 0.148. The molecule has 0 radical (unpaired) electrons. The minimum Gasteiger partial charge on any atom is -0.392 e. The van der Waals surface area contributed by atoms with E-state index in [1.54, 1.807) is 18.8 Å². The molecule has 1 N–H and O–H groups in total. The van der Waals surface area contributed by atoms with Gasteiger partial charge in [0, 0.05) is 18.1 Å². The van der Waals surface area contributed by atoms with E-state index < -0.39 is 0 Å².